The Kier molecular flexibility index (Phi) is 7.99. The number of hydrogen-bond donors (Lipinski definition) is 0. The lowest BCUT2D eigenvalue weighted by Crippen LogP contribution is -2.32. The quantitative estimate of drug-likeness (QED) is 0.366. The van der Waals surface area contributed by atoms with Crippen molar-refractivity contribution in [2.75, 3.05) is 26.9 Å². The number of amides is 1. The van der Waals surface area contributed by atoms with Crippen LogP contribution in [0.15, 0.2) is 65.0 Å². The second-order valence-corrected chi connectivity index (χ2v) is 8.03. The molecule has 0 bridgehead atoms. The van der Waals surface area contributed by atoms with Crippen LogP contribution >= 0.6 is 35.0 Å². The van der Waals surface area contributed by atoms with Crippen molar-refractivity contribution in [2.45, 2.75) is 0 Å². The molecule has 0 aromatic heterocycles. The van der Waals surface area contributed by atoms with Gasteiger partial charge in [0, 0.05) is 7.11 Å². The highest BCUT2D eigenvalue weighted by atomic mass is 35.5. The molecule has 1 aliphatic rings. The van der Waals surface area contributed by atoms with E-state index in [1.807, 2.05) is 30.3 Å². The molecule has 1 fully saturated rings. The van der Waals surface area contributed by atoms with E-state index in [1.54, 1.807) is 36.3 Å². The monoisotopic (exact) mass is 462 g/mol. The molecule has 1 saturated heterocycles. The second-order valence-electron chi connectivity index (χ2n) is 6.20. The lowest BCUT2D eigenvalue weighted by Gasteiger charge is -2.14. The Bertz CT molecular complexity index is 970. The van der Waals surface area contributed by atoms with Crippen LogP contribution in [0.1, 0.15) is 5.56 Å². The van der Waals surface area contributed by atoms with Crippen LogP contribution in [0.2, 0.25) is 10.0 Å². The zero-order chi connectivity index (χ0) is 21.5. The minimum absolute atomic E-state index is 0.147. The van der Waals surface area contributed by atoms with Gasteiger partial charge in [0.25, 0.3) is 5.91 Å². The SMILES string of the molecule is C=CCOc1c(Cl)cc(C=C2SC(=Nc3ccccc3)N(CCOC)C2=O)cc1Cl. The number of carbonyl (C=O) groups excluding carboxylic acids is 1. The summed E-state index contributed by atoms with van der Waals surface area (Å²) in [6.07, 6.45) is 3.36. The molecule has 156 valence electrons. The largest absolute Gasteiger partial charge is 0.486 e. The maximum Gasteiger partial charge on any atom is 0.266 e. The average molecular weight is 463 g/mol. The van der Waals surface area contributed by atoms with E-state index in [9.17, 15) is 4.79 Å². The topological polar surface area (TPSA) is 51.1 Å². The van der Waals surface area contributed by atoms with Gasteiger partial charge >= 0.3 is 0 Å². The van der Waals surface area contributed by atoms with E-state index >= 15 is 0 Å². The van der Waals surface area contributed by atoms with Gasteiger partial charge in [-0.25, -0.2) is 4.99 Å². The summed E-state index contributed by atoms with van der Waals surface area (Å²) in [5.41, 5.74) is 1.46. The molecular weight excluding hydrogens is 443 g/mol. The summed E-state index contributed by atoms with van der Waals surface area (Å²) >= 11 is 13.9. The molecule has 0 saturated carbocycles. The van der Waals surface area contributed by atoms with Crippen molar-refractivity contribution >= 4 is 57.8 Å². The van der Waals surface area contributed by atoms with Gasteiger partial charge in [-0.2, -0.15) is 0 Å². The van der Waals surface area contributed by atoms with Gasteiger partial charge in [0.05, 0.1) is 33.8 Å². The minimum atomic E-state index is -0.147. The lowest BCUT2D eigenvalue weighted by atomic mass is 10.2. The predicted octanol–water partition coefficient (Wildman–Crippen LogP) is 5.81. The third-order valence-electron chi connectivity index (χ3n) is 4.05. The third-order valence-corrected chi connectivity index (χ3v) is 5.62. The molecule has 0 radical (unpaired) electrons. The van der Waals surface area contributed by atoms with E-state index in [0.717, 1.165) is 5.69 Å². The maximum absolute atomic E-state index is 13.0. The van der Waals surface area contributed by atoms with Crippen LogP contribution in [-0.4, -0.2) is 42.8 Å². The number of hydrogen-bond acceptors (Lipinski definition) is 5. The first kappa shape index (κ1) is 22.4. The van der Waals surface area contributed by atoms with Crippen LogP contribution < -0.4 is 4.74 Å². The summed E-state index contributed by atoms with van der Waals surface area (Å²) in [6.45, 7) is 4.71. The first-order chi connectivity index (χ1) is 14.5. The summed E-state index contributed by atoms with van der Waals surface area (Å²) in [5, 5.41) is 1.32. The molecule has 1 amide bonds. The molecule has 0 unspecified atom stereocenters. The van der Waals surface area contributed by atoms with Crippen LogP contribution in [0, 0.1) is 0 Å². The molecular formula is C22H20Cl2N2O3S. The van der Waals surface area contributed by atoms with E-state index in [0.29, 0.717) is 51.2 Å². The van der Waals surface area contributed by atoms with Crippen LogP contribution in [0.4, 0.5) is 5.69 Å². The molecule has 2 aromatic rings. The zero-order valence-corrected chi connectivity index (χ0v) is 18.6. The Morgan fingerprint density at radius 2 is 1.90 bits per heavy atom. The first-order valence-electron chi connectivity index (χ1n) is 9.10. The average Bonchev–Trinajstić information content (AvgIpc) is 3.01. The Labute approximate surface area is 190 Å². The molecule has 1 heterocycles. The van der Waals surface area contributed by atoms with E-state index < -0.39 is 0 Å². The minimum Gasteiger partial charge on any atom is -0.486 e. The molecule has 0 N–H and O–H groups in total. The molecule has 5 nitrogen and oxygen atoms in total. The molecule has 0 spiro atoms. The number of halogens is 2. The summed E-state index contributed by atoms with van der Waals surface area (Å²) in [5.74, 6) is 0.241. The fraction of sp³-hybridized carbons (Fsp3) is 0.182. The predicted molar refractivity (Wildman–Crippen MR) is 125 cm³/mol. The summed E-state index contributed by atoms with van der Waals surface area (Å²) < 4.78 is 10.6. The molecule has 0 atom stereocenters. The third kappa shape index (κ3) is 5.46. The van der Waals surface area contributed by atoms with E-state index in [2.05, 4.69) is 11.6 Å². The van der Waals surface area contributed by atoms with Crippen molar-refractivity contribution in [2.24, 2.45) is 4.99 Å². The van der Waals surface area contributed by atoms with E-state index in [4.69, 9.17) is 32.7 Å². The Morgan fingerprint density at radius 1 is 1.20 bits per heavy atom. The van der Waals surface area contributed by atoms with Gasteiger partial charge in [-0.3, -0.25) is 9.69 Å². The highest BCUT2D eigenvalue weighted by Crippen LogP contribution is 2.38. The molecule has 8 heteroatoms. The van der Waals surface area contributed by atoms with E-state index in [-0.39, 0.29) is 5.91 Å². The van der Waals surface area contributed by atoms with Crippen molar-refractivity contribution in [1.82, 2.24) is 4.90 Å². The maximum atomic E-state index is 13.0. The highest BCUT2D eigenvalue weighted by Gasteiger charge is 2.33. The summed E-state index contributed by atoms with van der Waals surface area (Å²) in [7, 11) is 1.60. The van der Waals surface area contributed by atoms with Crippen LogP contribution in [0.3, 0.4) is 0 Å². The van der Waals surface area contributed by atoms with Crippen molar-refractivity contribution in [3.63, 3.8) is 0 Å². The van der Waals surface area contributed by atoms with E-state index in [1.165, 1.54) is 11.8 Å². The number of nitrogens with zero attached hydrogens (tertiary/aromatic N) is 2. The number of thioether (sulfide) groups is 1. The fourth-order valence-electron chi connectivity index (χ4n) is 2.68. The number of amidine groups is 1. The van der Waals surface area contributed by atoms with Crippen molar-refractivity contribution < 1.29 is 14.3 Å². The van der Waals surface area contributed by atoms with Gasteiger partial charge in [0.2, 0.25) is 0 Å². The van der Waals surface area contributed by atoms with Crippen LogP contribution in [-0.2, 0) is 9.53 Å². The fourth-order valence-corrected chi connectivity index (χ4v) is 4.32. The van der Waals surface area contributed by atoms with Gasteiger partial charge in [0.1, 0.15) is 6.61 Å². The molecule has 30 heavy (non-hydrogen) atoms. The van der Waals surface area contributed by atoms with Crippen LogP contribution in [0.5, 0.6) is 5.75 Å². The Balaban J connectivity index is 1.92. The summed E-state index contributed by atoms with van der Waals surface area (Å²) in [6, 6.07) is 12.9. The lowest BCUT2D eigenvalue weighted by molar-refractivity contribution is -0.122. The van der Waals surface area contributed by atoms with Gasteiger partial charge in [-0.05, 0) is 47.7 Å². The van der Waals surface area contributed by atoms with Gasteiger partial charge < -0.3 is 9.47 Å². The van der Waals surface area contributed by atoms with Gasteiger partial charge in [0.15, 0.2) is 10.9 Å². The Morgan fingerprint density at radius 3 is 2.53 bits per heavy atom. The standard InChI is InChI=1S/C22H20Cl2N2O3S/c1-3-10-29-20-17(23)12-15(13-18(20)24)14-19-21(27)26(9-11-28-2)22(30-19)25-16-7-5-4-6-8-16/h3-8,12-14H,1,9-11H2,2H3. The van der Waals surface area contributed by atoms with Crippen molar-refractivity contribution in [1.29, 1.82) is 0 Å². The number of methoxy groups -OCH3 is 1. The normalized spacial score (nSPS) is 16.5. The molecule has 3 rings (SSSR count). The zero-order valence-electron chi connectivity index (χ0n) is 16.3. The number of aliphatic imine (C=N–C) groups is 1. The smallest absolute Gasteiger partial charge is 0.266 e. The first-order valence-corrected chi connectivity index (χ1v) is 10.7. The second kappa shape index (κ2) is 10.7. The van der Waals surface area contributed by atoms with Gasteiger partial charge in [-0.1, -0.05) is 54.1 Å². The van der Waals surface area contributed by atoms with Gasteiger partial charge in [-0.15, -0.1) is 0 Å². The summed E-state index contributed by atoms with van der Waals surface area (Å²) in [4.78, 5) is 19.7. The molecule has 2 aromatic carbocycles. The Hall–Kier alpha value is -2.25. The number of benzene rings is 2. The molecule has 1 aliphatic heterocycles. The number of carbonyl (C=O) groups is 1. The molecule has 0 aliphatic carbocycles. The number of para-hydroxylation sites is 1. The van der Waals surface area contributed by atoms with Crippen molar-refractivity contribution in [3.8, 4) is 5.75 Å². The highest BCUT2D eigenvalue weighted by molar-refractivity contribution is 8.18. The van der Waals surface area contributed by atoms with Crippen LogP contribution in [0.25, 0.3) is 6.08 Å². The number of ether oxygens (including phenoxy) is 2. The van der Waals surface area contributed by atoms with Crippen molar-refractivity contribution in [3.05, 3.63) is 75.6 Å². The number of rotatable bonds is 8.